The Morgan fingerprint density at radius 3 is 2.71 bits per heavy atom. The number of hydrogen-bond acceptors (Lipinski definition) is 1. The number of carbonyl (C=O) groups excluding carboxylic acids is 1. The van der Waals surface area contributed by atoms with Crippen LogP contribution in [-0.2, 0) is 4.79 Å². The van der Waals surface area contributed by atoms with Crippen LogP contribution >= 0.6 is 0 Å². The van der Waals surface area contributed by atoms with E-state index >= 15 is 0 Å². The molecular weight excluding hydrogens is 258 g/mol. The number of fused-ring (bicyclic) bond motifs is 5. The van der Waals surface area contributed by atoms with E-state index in [1.807, 2.05) is 11.9 Å². The van der Waals surface area contributed by atoms with Crippen LogP contribution in [0.25, 0.3) is 0 Å². The second-order valence-electron chi connectivity index (χ2n) is 7.69. The molecule has 4 rings (SSSR count). The van der Waals surface area contributed by atoms with Crippen LogP contribution in [0.5, 0.6) is 0 Å². The first-order chi connectivity index (χ1) is 10.2. The van der Waals surface area contributed by atoms with Gasteiger partial charge in [-0.05, 0) is 68.6 Å². The second kappa shape index (κ2) is 5.00. The quantitative estimate of drug-likeness (QED) is 0.663. The first-order valence-electron chi connectivity index (χ1n) is 8.80. The summed E-state index contributed by atoms with van der Waals surface area (Å²) in [5.41, 5.74) is 1.72. The molecule has 4 aliphatic rings. The highest BCUT2D eigenvalue weighted by molar-refractivity contribution is 5.76. The zero-order chi connectivity index (χ0) is 14.6. The van der Waals surface area contributed by atoms with Crippen molar-refractivity contribution in [3.8, 4) is 0 Å². The van der Waals surface area contributed by atoms with Gasteiger partial charge in [-0.3, -0.25) is 4.79 Å². The van der Waals surface area contributed by atoms with Gasteiger partial charge in [0.15, 0.2) is 0 Å². The topological polar surface area (TPSA) is 20.3 Å². The lowest BCUT2D eigenvalue weighted by atomic mass is 9.56. The van der Waals surface area contributed by atoms with E-state index in [0.29, 0.717) is 11.9 Å². The molecule has 0 aromatic carbocycles. The van der Waals surface area contributed by atoms with Crippen LogP contribution in [0.1, 0.15) is 45.4 Å². The molecule has 21 heavy (non-hydrogen) atoms. The Bertz CT molecular complexity index is 506. The lowest BCUT2D eigenvalue weighted by molar-refractivity contribution is -0.131. The summed E-state index contributed by atoms with van der Waals surface area (Å²) in [6.45, 7) is 2.28. The fourth-order valence-electron chi connectivity index (χ4n) is 5.82. The van der Waals surface area contributed by atoms with Crippen molar-refractivity contribution < 1.29 is 4.79 Å². The first-order valence-corrected chi connectivity index (χ1v) is 8.80. The van der Waals surface area contributed by atoms with Crippen molar-refractivity contribution in [1.82, 2.24) is 4.90 Å². The smallest absolute Gasteiger partial charge is 0.222 e. The van der Waals surface area contributed by atoms with Crippen molar-refractivity contribution >= 4 is 5.91 Å². The van der Waals surface area contributed by atoms with Gasteiger partial charge in [0, 0.05) is 19.5 Å². The highest BCUT2D eigenvalue weighted by Crippen LogP contribution is 2.54. The number of hydrogen-bond donors (Lipinski definition) is 0. The summed E-state index contributed by atoms with van der Waals surface area (Å²) in [4.78, 5) is 14.2. The van der Waals surface area contributed by atoms with E-state index < -0.39 is 0 Å². The number of amides is 1. The molecular formula is C19H27NO. The SMILES string of the molecule is CC1C2CCC3C4=CC=CC4CCC3C2CCC(=O)N1C. The third kappa shape index (κ3) is 2.02. The van der Waals surface area contributed by atoms with Gasteiger partial charge in [0.2, 0.25) is 5.91 Å². The predicted octanol–water partition coefficient (Wildman–Crippen LogP) is 3.79. The minimum atomic E-state index is 0.365. The zero-order valence-electron chi connectivity index (χ0n) is 13.3. The monoisotopic (exact) mass is 285 g/mol. The van der Waals surface area contributed by atoms with Gasteiger partial charge in [-0.2, -0.15) is 0 Å². The van der Waals surface area contributed by atoms with Crippen molar-refractivity contribution in [3.05, 3.63) is 23.8 Å². The van der Waals surface area contributed by atoms with Gasteiger partial charge in [-0.15, -0.1) is 0 Å². The van der Waals surface area contributed by atoms with Crippen molar-refractivity contribution in [2.75, 3.05) is 7.05 Å². The Morgan fingerprint density at radius 2 is 1.86 bits per heavy atom. The third-order valence-electron chi connectivity index (χ3n) is 7.04. The average Bonchev–Trinajstić information content (AvgIpc) is 2.95. The van der Waals surface area contributed by atoms with E-state index in [9.17, 15) is 4.79 Å². The van der Waals surface area contributed by atoms with Gasteiger partial charge in [-0.25, -0.2) is 0 Å². The fourth-order valence-corrected chi connectivity index (χ4v) is 5.82. The molecule has 2 saturated carbocycles. The molecule has 6 atom stereocenters. The second-order valence-corrected chi connectivity index (χ2v) is 7.69. The van der Waals surface area contributed by atoms with Gasteiger partial charge in [-0.1, -0.05) is 23.8 Å². The summed E-state index contributed by atoms with van der Waals surface area (Å²) < 4.78 is 0. The molecule has 1 heterocycles. The largest absolute Gasteiger partial charge is 0.343 e. The first kappa shape index (κ1) is 13.6. The van der Waals surface area contributed by atoms with E-state index in [2.05, 4.69) is 25.2 Å². The zero-order valence-corrected chi connectivity index (χ0v) is 13.3. The van der Waals surface area contributed by atoms with Crippen LogP contribution in [0.2, 0.25) is 0 Å². The van der Waals surface area contributed by atoms with Crippen LogP contribution in [-0.4, -0.2) is 23.9 Å². The van der Waals surface area contributed by atoms with Gasteiger partial charge in [0.25, 0.3) is 0 Å². The third-order valence-corrected chi connectivity index (χ3v) is 7.04. The molecule has 114 valence electrons. The maximum absolute atomic E-state index is 12.2. The number of allylic oxidation sites excluding steroid dienone is 4. The molecule has 3 aliphatic carbocycles. The maximum atomic E-state index is 12.2. The molecule has 6 unspecified atom stereocenters. The summed E-state index contributed by atoms with van der Waals surface area (Å²) in [5.74, 6) is 4.27. The summed E-state index contributed by atoms with van der Waals surface area (Å²) in [7, 11) is 2.02. The normalized spacial score (nSPS) is 45.5. The molecule has 1 amide bonds. The summed E-state index contributed by atoms with van der Waals surface area (Å²) in [5, 5.41) is 0. The Hall–Kier alpha value is -1.05. The molecule has 2 nitrogen and oxygen atoms in total. The van der Waals surface area contributed by atoms with Crippen LogP contribution in [0.15, 0.2) is 23.8 Å². The molecule has 0 N–H and O–H groups in total. The lowest BCUT2D eigenvalue weighted by Gasteiger charge is -2.49. The molecule has 2 heteroatoms. The summed E-state index contributed by atoms with van der Waals surface area (Å²) in [6.07, 6.45) is 14.4. The molecule has 0 bridgehead atoms. The molecule has 0 spiro atoms. The van der Waals surface area contributed by atoms with Crippen LogP contribution in [0.4, 0.5) is 0 Å². The average molecular weight is 285 g/mol. The molecule has 0 aromatic heterocycles. The number of carbonyl (C=O) groups is 1. The Morgan fingerprint density at radius 1 is 1.05 bits per heavy atom. The van der Waals surface area contributed by atoms with Crippen molar-refractivity contribution in [1.29, 1.82) is 0 Å². The van der Waals surface area contributed by atoms with Crippen LogP contribution in [0, 0.1) is 29.6 Å². The number of nitrogens with zero attached hydrogens (tertiary/aromatic N) is 1. The van der Waals surface area contributed by atoms with Crippen molar-refractivity contribution in [2.24, 2.45) is 29.6 Å². The summed E-state index contributed by atoms with van der Waals surface area (Å²) in [6, 6.07) is 0.430. The minimum Gasteiger partial charge on any atom is -0.343 e. The summed E-state index contributed by atoms with van der Waals surface area (Å²) >= 11 is 0. The van der Waals surface area contributed by atoms with Gasteiger partial charge in [0.05, 0.1) is 0 Å². The Labute approximate surface area is 128 Å². The van der Waals surface area contributed by atoms with Crippen LogP contribution in [0.3, 0.4) is 0 Å². The van der Waals surface area contributed by atoms with Gasteiger partial charge >= 0.3 is 0 Å². The standard InChI is InChI=1S/C19H27NO/c1-12-14-8-9-17-15-5-3-4-13(15)6-7-18(17)16(14)10-11-19(21)20(12)2/h3-5,12-14,16-18H,6-11H2,1-2H3. The number of likely N-dealkylation sites (tertiary alicyclic amines) is 1. The highest BCUT2D eigenvalue weighted by Gasteiger charge is 2.47. The molecule has 1 aliphatic heterocycles. The number of rotatable bonds is 0. The van der Waals surface area contributed by atoms with E-state index in [4.69, 9.17) is 0 Å². The van der Waals surface area contributed by atoms with E-state index in [0.717, 1.165) is 42.4 Å². The van der Waals surface area contributed by atoms with Crippen LogP contribution < -0.4 is 0 Å². The molecule has 0 radical (unpaired) electrons. The van der Waals surface area contributed by atoms with E-state index in [1.54, 1.807) is 5.57 Å². The van der Waals surface area contributed by atoms with Crippen molar-refractivity contribution in [3.63, 3.8) is 0 Å². The highest BCUT2D eigenvalue weighted by atomic mass is 16.2. The predicted molar refractivity (Wildman–Crippen MR) is 84.6 cm³/mol. The fraction of sp³-hybridized carbons (Fsp3) is 0.737. The molecule has 0 aromatic rings. The van der Waals surface area contributed by atoms with Gasteiger partial charge in [0.1, 0.15) is 0 Å². The van der Waals surface area contributed by atoms with Gasteiger partial charge < -0.3 is 4.90 Å². The van der Waals surface area contributed by atoms with Crippen molar-refractivity contribution in [2.45, 2.75) is 51.5 Å². The Kier molecular flexibility index (Phi) is 3.24. The minimum absolute atomic E-state index is 0.365. The molecule has 3 fully saturated rings. The Balaban J connectivity index is 1.62. The maximum Gasteiger partial charge on any atom is 0.222 e. The van der Waals surface area contributed by atoms with E-state index in [1.165, 1.54) is 25.7 Å². The van der Waals surface area contributed by atoms with E-state index in [-0.39, 0.29) is 0 Å². The molecule has 1 saturated heterocycles. The lowest BCUT2D eigenvalue weighted by Crippen LogP contribution is -2.45.